The van der Waals surface area contributed by atoms with Gasteiger partial charge in [0.1, 0.15) is 5.78 Å². The van der Waals surface area contributed by atoms with Crippen molar-refractivity contribution in [3.05, 3.63) is 0 Å². The van der Waals surface area contributed by atoms with Gasteiger partial charge in [-0.25, -0.2) is 0 Å². The van der Waals surface area contributed by atoms with Crippen molar-refractivity contribution in [2.75, 3.05) is 6.61 Å². The lowest BCUT2D eigenvalue weighted by Gasteiger charge is -2.21. The van der Waals surface area contributed by atoms with Crippen LogP contribution in [0, 0.1) is 11.8 Å². The van der Waals surface area contributed by atoms with Gasteiger partial charge in [0.25, 0.3) is 6.47 Å². The van der Waals surface area contributed by atoms with E-state index in [-0.39, 0.29) is 5.92 Å². The molecule has 0 radical (unpaired) electrons. The summed E-state index contributed by atoms with van der Waals surface area (Å²) in [6.45, 7) is 7.78. The van der Waals surface area contributed by atoms with E-state index in [4.69, 9.17) is 4.74 Å². The SMILES string of the molecule is CCCCCCCCC(CCCCCCCC)CC(C)C(=O)CCCCCCCOC=O. The zero-order valence-electron chi connectivity index (χ0n) is 22.0. The Morgan fingerprint density at radius 1 is 0.688 bits per heavy atom. The standard InChI is InChI=1S/C29H56O3/c1-4-6-8-10-13-17-21-28(22-18-14-11-9-7-5-2)25-27(3)29(31)23-19-15-12-16-20-24-32-26-30/h26-28H,4-25H2,1-3H3. The molecule has 0 heterocycles. The van der Waals surface area contributed by atoms with E-state index in [0.29, 0.717) is 18.9 Å². The lowest BCUT2D eigenvalue weighted by atomic mass is 9.84. The number of ether oxygens (including phenoxy) is 1. The number of unbranched alkanes of at least 4 members (excludes halogenated alkanes) is 14. The predicted octanol–water partition coefficient (Wildman–Crippen LogP) is 9.21. The van der Waals surface area contributed by atoms with Gasteiger partial charge in [-0.15, -0.1) is 0 Å². The van der Waals surface area contributed by atoms with E-state index in [1.807, 2.05) is 0 Å². The predicted molar refractivity (Wildman–Crippen MR) is 138 cm³/mol. The van der Waals surface area contributed by atoms with Crippen LogP contribution in [0.5, 0.6) is 0 Å². The van der Waals surface area contributed by atoms with Crippen LogP contribution in [0.2, 0.25) is 0 Å². The molecular weight excluding hydrogens is 396 g/mol. The normalized spacial score (nSPS) is 12.2. The van der Waals surface area contributed by atoms with Crippen LogP contribution in [0.15, 0.2) is 0 Å². The van der Waals surface area contributed by atoms with Gasteiger partial charge in [-0.1, -0.05) is 130 Å². The van der Waals surface area contributed by atoms with Crippen molar-refractivity contribution in [3.8, 4) is 0 Å². The third kappa shape index (κ3) is 21.0. The number of carbonyl (C=O) groups is 2. The number of carbonyl (C=O) groups excluding carboxylic acids is 2. The monoisotopic (exact) mass is 452 g/mol. The second-order valence-corrected chi connectivity index (χ2v) is 10.1. The van der Waals surface area contributed by atoms with Gasteiger partial charge in [0, 0.05) is 12.3 Å². The van der Waals surface area contributed by atoms with E-state index in [2.05, 4.69) is 20.8 Å². The Morgan fingerprint density at radius 3 is 1.69 bits per heavy atom. The molecule has 0 saturated carbocycles. The Kier molecular flexibility index (Phi) is 24.1. The molecule has 0 aromatic heterocycles. The van der Waals surface area contributed by atoms with Crippen molar-refractivity contribution in [2.45, 2.75) is 156 Å². The number of hydrogen-bond donors (Lipinski definition) is 0. The maximum absolute atomic E-state index is 12.7. The van der Waals surface area contributed by atoms with Gasteiger partial charge in [0.05, 0.1) is 6.61 Å². The first-order valence-corrected chi connectivity index (χ1v) is 14.2. The molecule has 0 aliphatic heterocycles. The van der Waals surface area contributed by atoms with Crippen molar-refractivity contribution in [3.63, 3.8) is 0 Å². The highest BCUT2D eigenvalue weighted by atomic mass is 16.5. The summed E-state index contributed by atoms with van der Waals surface area (Å²) in [5, 5.41) is 0. The van der Waals surface area contributed by atoms with Gasteiger partial charge >= 0.3 is 0 Å². The van der Waals surface area contributed by atoms with Crippen molar-refractivity contribution in [1.29, 1.82) is 0 Å². The fourth-order valence-corrected chi connectivity index (χ4v) is 4.75. The summed E-state index contributed by atoms with van der Waals surface area (Å²) in [6, 6.07) is 0. The third-order valence-corrected chi connectivity index (χ3v) is 6.92. The number of rotatable bonds is 26. The lowest BCUT2D eigenvalue weighted by Crippen LogP contribution is -2.16. The van der Waals surface area contributed by atoms with E-state index in [1.54, 1.807) is 0 Å². The number of Topliss-reactive ketones (excluding diaryl/α,β-unsaturated/α-hetero) is 1. The topological polar surface area (TPSA) is 43.4 Å². The smallest absolute Gasteiger partial charge is 0.293 e. The van der Waals surface area contributed by atoms with Crippen LogP contribution in [0.3, 0.4) is 0 Å². The molecule has 190 valence electrons. The van der Waals surface area contributed by atoms with Crippen LogP contribution in [0.1, 0.15) is 156 Å². The van der Waals surface area contributed by atoms with Crippen LogP contribution in [-0.2, 0) is 14.3 Å². The van der Waals surface area contributed by atoms with Gasteiger partial charge in [-0.05, 0) is 25.2 Å². The van der Waals surface area contributed by atoms with Crippen molar-refractivity contribution in [2.24, 2.45) is 11.8 Å². The molecular formula is C29H56O3. The first-order chi connectivity index (χ1) is 15.7. The third-order valence-electron chi connectivity index (χ3n) is 6.92. The molecule has 0 bridgehead atoms. The van der Waals surface area contributed by atoms with Crippen molar-refractivity contribution in [1.82, 2.24) is 0 Å². The van der Waals surface area contributed by atoms with E-state index >= 15 is 0 Å². The zero-order chi connectivity index (χ0) is 23.7. The summed E-state index contributed by atoms with van der Waals surface area (Å²) in [7, 11) is 0. The lowest BCUT2D eigenvalue weighted by molar-refractivity contribution is -0.128. The number of ketones is 1. The molecule has 0 aromatic rings. The van der Waals surface area contributed by atoms with Gasteiger partial charge in [-0.3, -0.25) is 9.59 Å². The van der Waals surface area contributed by atoms with Crippen LogP contribution in [0.4, 0.5) is 0 Å². The maximum atomic E-state index is 12.7. The van der Waals surface area contributed by atoms with E-state index < -0.39 is 0 Å². The Hall–Kier alpha value is -0.860. The second kappa shape index (κ2) is 24.8. The summed E-state index contributed by atoms with van der Waals surface area (Å²) in [6.07, 6.45) is 26.1. The van der Waals surface area contributed by atoms with E-state index in [1.165, 1.54) is 89.9 Å². The minimum absolute atomic E-state index is 0.223. The van der Waals surface area contributed by atoms with Crippen molar-refractivity contribution < 1.29 is 14.3 Å². The Balaban J connectivity index is 4.14. The minimum atomic E-state index is 0.223. The summed E-state index contributed by atoms with van der Waals surface area (Å²) in [4.78, 5) is 22.8. The molecule has 0 N–H and O–H groups in total. The van der Waals surface area contributed by atoms with Gasteiger partial charge in [0.2, 0.25) is 0 Å². The van der Waals surface area contributed by atoms with Crippen LogP contribution >= 0.6 is 0 Å². The maximum Gasteiger partial charge on any atom is 0.293 e. The first-order valence-electron chi connectivity index (χ1n) is 14.2. The van der Waals surface area contributed by atoms with E-state index in [0.717, 1.165) is 50.9 Å². The highest BCUT2D eigenvalue weighted by Crippen LogP contribution is 2.26. The minimum Gasteiger partial charge on any atom is -0.468 e. The quantitative estimate of drug-likeness (QED) is 0.0970. The molecule has 3 heteroatoms. The molecule has 0 fully saturated rings. The average molecular weight is 453 g/mol. The molecule has 0 aromatic carbocycles. The molecule has 0 aliphatic rings. The molecule has 32 heavy (non-hydrogen) atoms. The first kappa shape index (κ1) is 31.1. The molecule has 0 spiro atoms. The summed E-state index contributed by atoms with van der Waals surface area (Å²) in [5.74, 6) is 1.44. The Morgan fingerprint density at radius 2 is 1.16 bits per heavy atom. The van der Waals surface area contributed by atoms with Crippen LogP contribution < -0.4 is 0 Å². The van der Waals surface area contributed by atoms with Crippen LogP contribution in [-0.4, -0.2) is 18.9 Å². The number of hydrogen-bond acceptors (Lipinski definition) is 3. The van der Waals surface area contributed by atoms with Gasteiger partial charge in [-0.2, -0.15) is 0 Å². The van der Waals surface area contributed by atoms with Crippen molar-refractivity contribution >= 4 is 12.3 Å². The van der Waals surface area contributed by atoms with E-state index in [9.17, 15) is 9.59 Å². The highest BCUT2D eigenvalue weighted by Gasteiger charge is 2.18. The van der Waals surface area contributed by atoms with Gasteiger partial charge < -0.3 is 4.74 Å². The summed E-state index contributed by atoms with van der Waals surface area (Å²) < 4.78 is 4.72. The molecule has 0 amide bonds. The van der Waals surface area contributed by atoms with Gasteiger partial charge in [0.15, 0.2) is 0 Å². The molecule has 0 aliphatic carbocycles. The summed E-state index contributed by atoms with van der Waals surface area (Å²) in [5.41, 5.74) is 0. The zero-order valence-corrected chi connectivity index (χ0v) is 22.0. The fraction of sp³-hybridized carbons (Fsp3) is 0.931. The molecule has 1 unspecified atom stereocenters. The Bertz CT molecular complexity index is 391. The largest absolute Gasteiger partial charge is 0.468 e. The highest BCUT2D eigenvalue weighted by molar-refractivity contribution is 5.80. The molecule has 0 rings (SSSR count). The Labute approximate surface area is 200 Å². The van der Waals surface area contributed by atoms with Crippen LogP contribution in [0.25, 0.3) is 0 Å². The molecule has 1 atom stereocenters. The average Bonchev–Trinajstić information content (AvgIpc) is 2.79. The second-order valence-electron chi connectivity index (χ2n) is 10.1. The fourth-order valence-electron chi connectivity index (χ4n) is 4.75. The molecule has 0 saturated heterocycles. The summed E-state index contributed by atoms with van der Waals surface area (Å²) >= 11 is 0. The molecule has 3 nitrogen and oxygen atoms in total.